The third-order valence-electron chi connectivity index (χ3n) is 3.42. The lowest BCUT2D eigenvalue weighted by Gasteiger charge is -2.24. The highest BCUT2D eigenvalue weighted by atomic mass is 16.5. The summed E-state index contributed by atoms with van der Waals surface area (Å²) < 4.78 is 5.42. The zero-order valence-corrected chi connectivity index (χ0v) is 10.5. The Balaban J connectivity index is 2.29. The molecule has 0 aliphatic carbocycles. The normalized spacial score (nSPS) is 16.8. The third-order valence-corrected chi connectivity index (χ3v) is 3.42. The fourth-order valence-corrected chi connectivity index (χ4v) is 2.40. The molecule has 2 rings (SSSR count). The standard InChI is InChI=1S/C14H19NO2/c1-10(16)12-3-4-13(14(9-12)17-2)11-5-7-15-8-6-11/h3-4,9,11,15H,5-8H2,1-2H3. The van der Waals surface area contributed by atoms with Gasteiger partial charge in [-0.15, -0.1) is 0 Å². The van der Waals surface area contributed by atoms with E-state index in [0.29, 0.717) is 5.92 Å². The number of carbonyl (C=O) groups is 1. The first-order valence-electron chi connectivity index (χ1n) is 6.12. The number of rotatable bonds is 3. The second kappa shape index (κ2) is 5.32. The molecule has 3 heteroatoms. The molecular weight excluding hydrogens is 214 g/mol. The number of carbonyl (C=O) groups excluding carboxylic acids is 1. The van der Waals surface area contributed by atoms with E-state index in [1.807, 2.05) is 18.2 Å². The van der Waals surface area contributed by atoms with Gasteiger partial charge >= 0.3 is 0 Å². The van der Waals surface area contributed by atoms with E-state index in [-0.39, 0.29) is 5.78 Å². The Morgan fingerprint density at radius 2 is 2.06 bits per heavy atom. The SMILES string of the molecule is COc1cc(C(C)=O)ccc1C1CCNCC1. The first-order valence-corrected chi connectivity index (χ1v) is 6.12. The molecule has 0 aromatic heterocycles. The van der Waals surface area contributed by atoms with Gasteiger partial charge in [-0.05, 0) is 50.4 Å². The third kappa shape index (κ3) is 2.67. The van der Waals surface area contributed by atoms with Gasteiger partial charge in [0.15, 0.2) is 5.78 Å². The molecule has 1 aliphatic rings. The van der Waals surface area contributed by atoms with Crippen LogP contribution >= 0.6 is 0 Å². The zero-order valence-electron chi connectivity index (χ0n) is 10.5. The maximum absolute atomic E-state index is 11.3. The van der Waals surface area contributed by atoms with E-state index in [9.17, 15) is 4.79 Å². The molecule has 1 aliphatic heterocycles. The van der Waals surface area contributed by atoms with Crippen molar-refractivity contribution < 1.29 is 9.53 Å². The molecule has 0 unspecified atom stereocenters. The van der Waals surface area contributed by atoms with Crippen LogP contribution in [-0.4, -0.2) is 26.0 Å². The lowest BCUT2D eigenvalue weighted by molar-refractivity contribution is 0.101. The Morgan fingerprint density at radius 1 is 1.35 bits per heavy atom. The van der Waals surface area contributed by atoms with Crippen LogP contribution in [0.15, 0.2) is 18.2 Å². The highest BCUT2D eigenvalue weighted by Gasteiger charge is 2.19. The predicted molar refractivity (Wildman–Crippen MR) is 67.8 cm³/mol. The average Bonchev–Trinajstić information content (AvgIpc) is 2.39. The predicted octanol–water partition coefficient (Wildman–Crippen LogP) is 2.36. The summed E-state index contributed by atoms with van der Waals surface area (Å²) >= 11 is 0. The summed E-state index contributed by atoms with van der Waals surface area (Å²) in [7, 11) is 1.67. The molecule has 1 aromatic carbocycles. The van der Waals surface area contributed by atoms with Crippen LogP contribution in [-0.2, 0) is 0 Å². The monoisotopic (exact) mass is 233 g/mol. The minimum absolute atomic E-state index is 0.0835. The molecule has 1 saturated heterocycles. The van der Waals surface area contributed by atoms with Crippen LogP contribution in [0.4, 0.5) is 0 Å². The molecule has 0 bridgehead atoms. The van der Waals surface area contributed by atoms with Gasteiger partial charge in [-0.25, -0.2) is 0 Å². The van der Waals surface area contributed by atoms with Gasteiger partial charge in [0, 0.05) is 5.56 Å². The minimum atomic E-state index is 0.0835. The number of ether oxygens (including phenoxy) is 1. The highest BCUT2D eigenvalue weighted by molar-refractivity contribution is 5.94. The van der Waals surface area contributed by atoms with Crippen LogP contribution < -0.4 is 10.1 Å². The van der Waals surface area contributed by atoms with E-state index in [2.05, 4.69) is 5.32 Å². The molecule has 92 valence electrons. The molecule has 0 amide bonds. The van der Waals surface area contributed by atoms with Gasteiger partial charge in [-0.1, -0.05) is 12.1 Å². The van der Waals surface area contributed by atoms with Crippen LogP contribution in [0.3, 0.4) is 0 Å². The maximum Gasteiger partial charge on any atom is 0.159 e. The summed E-state index contributed by atoms with van der Waals surface area (Å²) in [5.41, 5.74) is 1.96. The Labute approximate surface area is 102 Å². The van der Waals surface area contributed by atoms with E-state index >= 15 is 0 Å². The van der Waals surface area contributed by atoms with Crippen molar-refractivity contribution in [2.75, 3.05) is 20.2 Å². The van der Waals surface area contributed by atoms with Gasteiger partial charge in [-0.3, -0.25) is 4.79 Å². The summed E-state index contributed by atoms with van der Waals surface area (Å²) in [6.45, 7) is 3.70. The molecule has 0 saturated carbocycles. The van der Waals surface area contributed by atoms with E-state index in [1.165, 1.54) is 5.56 Å². The van der Waals surface area contributed by atoms with Crippen molar-refractivity contribution in [3.05, 3.63) is 29.3 Å². The van der Waals surface area contributed by atoms with Crippen molar-refractivity contribution in [3.8, 4) is 5.75 Å². The summed E-state index contributed by atoms with van der Waals surface area (Å²) in [6, 6.07) is 5.81. The Bertz CT molecular complexity index is 409. The molecule has 1 aromatic rings. The van der Waals surface area contributed by atoms with Crippen LogP contribution in [0, 0.1) is 0 Å². The number of nitrogens with one attached hydrogen (secondary N) is 1. The summed E-state index contributed by atoms with van der Waals surface area (Å²) in [4.78, 5) is 11.3. The van der Waals surface area contributed by atoms with Gasteiger partial charge in [-0.2, -0.15) is 0 Å². The summed E-state index contributed by atoms with van der Waals surface area (Å²) in [5.74, 6) is 1.48. The number of hydrogen-bond donors (Lipinski definition) is 1. The fourth-order valence-electron chi connectivity index (χ4n) is 2.40. The average molecular weight is 233 g/mol. The largest absolute Gasteiger partial charge is 0.496 e. The molecule has 1 heterocycles. The molecule has 1 N–H and O–H groups in total. The molecule has 0 atom stereocenters. The second-order valence-corrected chi connectivity index (χ2v) is 4.54. The number of benzene rings is 1. The van der Waals surface area contributed by atoms with Gasteiger partial charge in [0.05, 0.1) is 7.11 Å². The summed E-state index contributed by atoms with van der Waals surface area (Å²) in [5, 5.41) is 3.36. The lowest BCUT2D eigenvalue weighted by Crippen LogP contribution is -2.26. The maximum atomic E-state index is 11.3. The zero-order chi connectivity index (χ0) is 12.3. The van der Waals surface area contributed by atoms with E-state index in [4.69, 9.17) is 4.74 Å². The number of piperidine rings is 1. The topological polar surface area (TPSA) is 38.3 Å². The highest BCUT2D eigenvalue weighted by Crippen LogP contribution is 2.33. The minimum Gasteiger partial charge on any atom is -0.496 e. The van der Waals surface area contributed by atoms with Gasteiger partial charge in [0.25, 0.3) is 0 Å². The van der Waals surface area contributed by atoms with Gasteiger partial charge < -0.3 is 10.1 Å². The van der Waals surface area contributed by atoms with Crippen molar-refractivity contribution in [3.63, 3.8) is 0 Å². The molecule has 0 radical (unpaired) electrons. The van der Waals surface area contributed by atoms with Crippen LogP contribution in [0.25, 0.3) is 0 Å². The Hall–Kier alpha value is -1.35. The Morgan fingerprint density at radius 3 is 2.65 bits per heavy atom. The van der Waals surface area contributed by atoms with Crippen LogP contribution in [0.5, 0.6) is 5.75 Å². The first kappa shape index (κ1) is 12.1. The van der Waals surface area contributed by atoms with E-state index in [1.54, 1.807) is 14.0 Å². The lowest BCUT2D eigenvalue weighted by atomic mass is 9.89. The fraction of sp³-hybridized carbons (Fsp3) is 0.500. The van der Waals surface area contributed by atoms with Gasteiger partial charge in [0.1, 0.15) is 5.75 Å². The van der Waals surface area contributed by atoms with E-state index in [0.717, 1.165) is 37.2 Å². The number of Topliss-reactive ketones (excluding diaryl/α,β-unsaturated/α-hetero) is 1. The van der Waals surface area contributed by atoms with Crippen LogP contribution in [0.2, 0.25) is 0 Å². The van der Waals surface area contributed by atoms with Crippen molar-refractivity contribution in [1.29, 1.82) is 0 Å². The van der Waals surface area contributed by atoms with E-state index < -0.39 is 0 Å². The van der Waals surface area contributed by atoms with Crippen molar-refractivity contribution in [2.45, 2.75) is 25.7 Å². The first-order chi connectivity index (χ1) is 8.22. The van der Waals surface area contributed by atoms with Crippen molar-refractivity contribution in [1.82, 2.24) is 5.32 Å². The molecule has 0 spiro atoms. The number of ketones is 1. The van der Waals surface area contributed by atoms with Crippen molar-refractivity contribution in [2.24, 2.45) is 0 Å². The summed E-state index contributed by atoms with van der Waals surface area (Å²) in [6.07, 6.45) is 2.27. The second-order valence-electron chi connectivity index (χ2n) is 4.54. The number of methoxy groups -OCH3 is 1. The quantitative estimate of drug-likeness (QED) is 0.814. The Kier molecular flexibility index (Phi) is 3.79. The van der Waals surface area contributed by atoms with Crippen molar-refractivity contribution >= 4 is 5.78 Å². The smallest absolute Gasteiger partial charge is 0.159 e. The molecule has 1 fully saturated rings. The molecular formula is C14H19NO2. The molecule has 17 heavy (non-hydrogen) atoms. The molecule has 3 nitrogen and oxygen atoms in total. The van der Waals surface area contributed by atoms with Crippen LogP contribution in [0.1, 0.15) is 41.6 Å². The van der Waals surface area contributed by atoms with Gasteiger partial charge in [0.2, 0.25) is 0 Å². The number of hydrogen-bond acceptors (Lipinski definition) is 3.